The van der Waals surface area contributed by atoms with Crippen molar-refractivity contribution in [3.8, 4) is 22.7 Å². The molecule has 2 N–H and O–H groups in total. The highest BCUT2D eigenvalue weighted by atomic mass is 35.5. The molecule has 2 aromatic heterocycles. The fourth-order valence-electron chi connectivity index (χ4n) is 3.49. The second-order valence-electron chi connectivity index (χ2n) is 7.60. The zero-order valence-electron chi connectivity index (χ0n) is 17.8. The van der Waals surface area contributed by atoms with Gasteiger partial charge < -0.3 is 19.4 Å². The molecule has 0 atom stereocenters. The predicted molar refractivity (Wildman–Crippen MR) is 126 cm³/mol. The Morgan fingerprint density at radius 1 is 1.06 bits per heavy atom. The molecule has 35 heavy (non-hydrogen) atoms. The van der Waals surface area contributed by atoms with E-state index >= 15 is 0 Å². The standard InChI is InChI=1S/C25H15ClFN3O5/c26-16-4-2-1-3-15(16)19-12-22(35-30-19)24(33)28-18-7-6-14(11-17(18)27)25-29-20-9-13(10-23(31)32)5-8-21(20)34-25/h1-9,11-12H,10H2,(H,28,33)(H,31,32). The van der Waals surface area contributed by atoms with Gasteiger partial charge in [0, 0.05) is 17.2 Å². The topological polar surface area (TPSA) is 118 Å². The molecule has 0 aliphatic rings. The van der Waals surface area contributed by atoms with Crippen LogP contribution in [0.4, 0.5) is 10.1 Å². The number of hydrogen-bond acceptors (Lipinski definition) is 6. The molecule has 174 valence electrons. The Labute approximate surface area is 201 Å². The molecule has 0 saturated heterocycles. The van der Waals surface area contributed by atoms with Crippen LogP contribution in [0.5, 0.6) is 0 Å². The van der Waals surface area contributed by atoms with Gasteiger partial charge in [0.05, 0.1) is 17.1 Å². The molecule has 1 amide bonds. The first-order valence-electron chi connectivity index (χ1n) is 10.3. The summed E-state index contributed by atoms with van der Waals surface area (Å²) >= 11 is 6.15. The maximum atomic E-state index is 14.8. The summed E-state index contributed by atoms with van der Waals surface area (Å²) in [5, 5.41) is 15.7. The first kappa shape index (κ1) is 22.3. The zero-order chi connectivity index (χ0) is 24.5. The van der Waals surface area contributed by atoms with Crippen molar-refractivity contribution in [2.24, 2.45) is 0 Å². The summed E-state index contributed by atoms with van der Waals surface area (Å²) in [5.74, 6) is -2.31. The number of nitrogens with zero attached hydrogens (tertiary/aromatic N) is 2. The molecule has 0 radical (unpaired) electrons. The molecule has 0 spiro atoms. The van der Waals surface area contributed by atoms with E-state index in [1.54, 1.807) is 42.5 Å². The van der Waals surface area contributed by atoms with E-state index in [1.807, 2.05) is 0 Å². The number of carbonyl (C=O) groups excluding carboxylic acids is 1. The highest BCUT2D eigenvalue weighted by Crippen LogP contribution is 2.29. The Kier molecular flexibility index (Phi) is 5.76. The molecule has 0 unspecified atom stereocenters. The van der Waals surface area contributed by atoms with Gasteiger partial charge in [-0.2, -0.15) is 0 Å². The Hall–Kier alpha value is -4.50. The molecule has 2 heterocycles. The summed E-state index contributed by atoms with van der Waals surface area (Å²) in [4.78, 5) is 27.8. The van der Waals surface area contributed by atoms with Crippen molar-refractivity contribution in [3.63, 3.8) is 0 Å². The monoisotopic (exact) mass is 491 g/mol. The number of carbonyl (C=O) groups is 2. The largest absolute Gasteiger partial charge is 0.481 e. The lowest BCUT2D eigenvalue weighted by Gasteiger charge is -2.05. The van der Waals surface area contributed by atoms with Gasteiger partial charge in [0.25, 0.3) is 5.91 Å². The van der Waals surface area contributed by atoms with Crippen molar-refractivity contribution in [1.82, 2.24) is 10.1 Å². The molecule has 10 heteroatoms. The van der Waals surface area contributed by atoms with E-state index in [2.05, 4.69) is 15.5 Å². The van der Waals surface area contributed by atoms with Crippen LogP contribution in [0.2, 0.25) is 5.02 Å². The molecule has 3 aromatic carbocycles. The number of amides is 1. The van der Waals surface area contributed by atoms with Crippen molar-refractivity contribution >= 4 is 40.3 Å². The number of nitrogens with one attached hydrogen (secondary N) is 1. The number of halogens is 2. The number of benzene rings is 3. The van der Waals surface area contributed by atoms with Crippen LogP contribution >= 0.6 is 11.6 Å². The highest BCUT2D eigenvalue weighted by molar-refractivity contribution is 6.33. The van der Waals surface area contributed by atoms with Crippen molar-refractivity contribution in [2.45, 2.75) is 6.42 Å². The molecular formula is C25H15ClFN3O5. The minimum Gasteiger partial charge on any atom is -0.481 e. The van der Waals surface area contributed by atoms with Crippen LogP contribution in [0.1, 0.15) is 16.1 Å². The van der Waals surface area contributed by atoms with Crippen molar-refractivity contribution in [1.29, 1.82) is 0 Å². The molecule has 5 aromatic rings. The van der Waals surface area contributed by atoms with Gasteiger partial charge >= 0.3 is 5.97 Å². The molecule has 0 bridgehead atoms. The third kappa shape index (κ3) is 4.62. The minimum absolute atomic E-state index is 0.0747. The number of fused-ring (bicyclic) bond motifs is 1. The average Bonchev–Trinajstić information content (AvgIpc) is 3.47. The van der Waals surface area contributed by atoms with E-state index in [0.717, 1.165) is 0 Å². The number of aliphatic carboxylic acids is 1. The zero-order valence-corrected chi connectivity index (χ0v) is 18.5. The summed E-state index contributed by atoms with van der Waals surface area (Å²) in [6, 6.07) is 17.3. The second-order valence-corrected chi connectivity index (χ2v) is 8.00. The minimum atomic E-state index is -0.960. The van der Waals surface area contributed by atoms with Crippen LogP contribution in [0.3, 0.4) is 0 Å². The first-order valence-corrected chi connectivity index (χ1v) is 10.7. The Morgan fingerprint density at radius 2 is 1.89 bits per heavy atom. The molecule has 5 rings (SSSR count). The van der Waals surface area contributed by atoms with E-state index in [1.165, 1.54) is 24.3 Å². The lowest BCUT2D eigenvalue weighted by atomic mass is 10.1. The number of hydrogen-bond donors (Lipinski definition) is 2. The maximum Gasteiger partial charge on any atom is 0.307 e. The number of rotatable bonds is 6. The fourth-order valence-corrected chi connectivity index (χ4v) is 3.73. The van der Waals surface area contributed by atoms with Crippen molar-refractivity contribution < 1.29 is 28.0 Å². The normalized spacial score (nSPS) is 11.0. The quantitative estimate of drug-likeness (QED) is 0.307. The third-order valence-corrected chi connectivity index (χ3v) is 5.48. The highest BCUT2D eigenvalue weighted by Gasteiger charge is 2.18. The van der Waals surface area contributed by atoms with Gasteiger partial charge in [-0.1, -0.05) is 41.0 Å². The molecule has 0 aliphatic carbocycles. The van der Waals surface area contributed by atoms with Crippen LogP contribution in [0.15, 0.2) is 75.7 Å². The molecule has 0 fully saturated rings. The second kappa shape index (κ2) is 9.03. The van der Waals surface area contributed by atoms with E-state index < -0.39 is 17.7 Å². The van der Waals surface area contributed by atoms with Crippen LogP contribution in [0, 0.1) is 5.82 Å². The summed E-state index contributed by atoms with van der Waals surface area (Å²) in [5.41, 5.74) is 2.70. The van der Waals surface area contributed by atoms with Crippen LogP contribution < -0.4 is 5.32 Å². The lowest BCUT2D eigenvalue weighted by molar-refractivity contribution is -0.136. The van der Waals surface area contributed by atoms with E-state index in [-0.39, 0.29) is 23.8 Å². The first-order chi connectivity index (χ1) is 16.9. The molecule has 8 nitrogen and oxygen atoms in total. The third-order valence-electron chi connectivity index (χ3n) is 5.16. The van der Waals surface area contributed by atoms with Crippen LogP contribution in [-0.4, -0.2) is 27.1 Å². The van der Waals surface area contributed by atoms with E-state index in [4.69, 9.17) is 25.6 Å². The van der Waals surface area contributed by atoms with E-state index in [9.17, 15) is 14.0 Å². The smallest absolute Gasteiger partial charge is 0.307 e. The number of aromatic nitrogens is 2. The van der Waals surface area contributed by atoms with Gasteiger partial charge in [0.1, 0.15) is 17.0 Å². The van der Waals surface area contributed by atoms with Crippen molar-refractivity contribution in [2.75, 3.05) is 5.32 Å². The van der Waals surface area contributed by atoms with Gasteiger partial charge in [-0.15, -0.1) is 0 Å². The summed E-state index contributed by atoms with van der Waals surface area (Å²) in [7, 11) is 0. The summed E-state index contributed by atoms with van der Waals surface area (Å²) in [6.45, 7) is 0. The van der Waals surface area contributed by atoms with Gasteiger partial charge in [0.2, 0.25) is 11.7 Å². The molecule has 0 saturated carbocycles. The van der Waals surface area contributed by atoms with Gasteiger partial charge in [-0.05, 0) is 42.0 Å². The predicted octanol–water partition coefficient (Wildman–Crippen LogP) is 5.82. The van der Waals surface area contributed by atoms with E-state index in [0.29, 0.717) is 38.5 Å². The fraction of sp³-hybridized carbons (Fsp3) is 0.0400. The SMILES string of the molecule is O=C(O)Cc1ccc2oc(-c3ccc(NC(=O)c4cc(-c5ccccc5Cl)no4)c(F)c3)nc2c1. The number of carboxylic acid groups (broad SMARTS) is 1. The molecular weight excluding hydrogens is 477 g/mol. The van der Waals surface area contributed by atoms with Gasteiger partial charge in [0.15, 0.2) is 5.58 Å². The number of anilines is 1. The summed E-state index contributed by atoms with van der Waals surface area (Å²) < 4.78 is 25.6. The van der Waals surface area contributed by atoms with Crippen molar-refractivity contribution in [3.05, 3.63) is 88.9 Å². The Balaban J connectivity index is 1.35. The summed E-state index contributed by atoms with van der Waals surface area (Å²) in [6.07, 6.45) is -0.147. The Bertz CT molecular complexity index is 1590. The van der Waals surface area contributed by atoms with Crippen LogP contribution in [0.25, 0.3) is 33.8 Å². The number of carboxylic acids is 1. The Morgan fingerprint density at radius 3 is 2.66 bits per heavy atom. The lowest BCUT2D eigenvalue weighted by Crippen LogP contribution is -2.12. The van der Waals surface area contributed by atoms with Crippen LogP contribution in [-0.2, 0) is 11.2 Å². The average molecular weight is 492 g/mol. The van der Waals surface area contributed by atoms with Gasteiger partial charge in [-0.3, -0.25) is 9.59 Å². The van der Waals surface area contributed by atoms with Gasteiger partial charge in [-0.25, -0.2) is 9.37 Å². The maximum absolute atomic E-state index is 14.8. The molecule has 0 aliphatic heterocycles. The number of oxazole rings is 1.